The lowest BCUT2D eigenvalue weighted by atomic mass is 10.2. The van der Waals surface area contributed by atoms with Gasteiger partial charge in [0.05, 0.1) is 12.2 Å². The van der Waals surface area contributed by atoms with Gasteiger partial charge in [-0.1, -0.05) is 0 Å². The molecule has 108 valence electrons. The fourth-order valence-corrected chi connectivity index (χ4v) is 2.00. The monoisotopic (exact) mass is 301 g/mol. The Hall–Kier alpha value is -2.09. The van der Waals surface area contributed by atoms with Gasteiger partial charge in [0.15, 0.2) is 0 Å². The van der Waals surface area contributed by atoms with Crippen LogP contribution in [-0.2, 0) is 14.4 Å². The van der Waals surface area contributed by atoms with Gasteiger partial charge in [-0.25, -0.2) is 9.18 Å². The third kappa shape index (κ3) is 5.70. The molecule has 1 aromatic carbocycles. The lowest BCUT2D eigenvalue weighted by Gasteiger charge is -2.12. The molecular weight excluding hydrogens is 289 g/mol. The molecule has 0 aliphatic heterocycles. The number of thioether (sulfide) groups is 1. The van der Waals surface area contributed by atoms with E-state index >= 15 is 0 Å². The van der Waals surface area contributed by atoms with Gasteiger partial charge >= 0.3 is 11.9 Å². The van der Waals surface area contributed by atoms with E-state index in [1.54, 1.807) is 0 Å². The highest BCUT2D eigenvalue weighted by atomic mass is 32.2. The van der Waals surface area contributed by atoms with E-state index in [1.807, 2.05) is 0 Å². The summed E-state index contributed by atoms with van der Waals surface area (Å²) in [6, 6.07) is 3.99. The smallest absolute Gasteiger partial charge is 0.326 e. The highest BCUT2D eigenvalue weighted by molar-refractivity contribution is 8.00. The van der Waals surface area contributed by atoms with Gasteiger partial charge in [-0.2, -0.15) is 0 Å². The van der Waals surface area contributed by atoms with Crippen molar-refractivity contribution in [3.8, 4) is 0 Å². The molecule has 0 aliphatic rings. The van der Waals surface area contributed by atoms with Gasteiger partial charge in [-0.15, -0.1) is 11.8 Å². The van der Waals surface area contributed by atoms with Crippen LogP contribution in [0.25, 0.3) is 0 Å². The number of carbonyl (C=O) groups is 3. The first-order chi connectivity index (χ1) is 9.38. The first kappa shape index (κ1) is 16.0. The molecule has 6 nitrogen and oxygen atoms in total. The Bertz CT molecular complexity index is 505. The zero-order valence-electron chi connectivity index (χ0n) is 10.2. The molecule has 0 radical (unpaired) electrons. The summed E-state index contributed by atoms with van der Waals surface area (Å²) in [5.74, 6) is -3.81. The van der Waals surface area contributed by atoms with Gasteiger partial charge in [0, 0.05) is 4.90 Å². The quantitative estimate of drug-likeness (QED) is 0.648. The molecule has 8 heteroatoms. The van der Waals surface area contributed by atoms with Crippen molar-refractivity contribution in [2.75, 3.05) is 5.75 Å². The van der Waals surface area contributed by atoms with Crippen LogP contribution in [-0.4, -0.2) is 39.9 Å². The van der Waals surface area contributed by atoms with Crippen molar-refractivity contribution in [2.24, 2.45) is 0 Å². The number of carboxylic acids is 2. The van der Waals surface area contributed by atoms with Gasteiger partial charge in [-0.05, 0) is 24.3 Å². The second kappa shape index (κ2) is 7.49. The zero-order chi connectivity index (χ0) is 15.1. The van der Waals surface area contributed by atoms with Gasteiger partial charge in [0.2, 0.25) is 5.91 Å². The van der Waals surface area contributed by atoms with Crippen molar-refractivity contribution >= 4 is 29.6 Å². The van der Waals surface area contributed by atoms with E-state index in [2.05, 4.69) is 5.32 Å². The Morgan fingerprint density at radius 1 is 1.20 bits per heavy atom. The van der Waals surface area contributed by atoms with E-state index < -0.39 is 36.1 Å². The van der Waals surface area contributed by atoms with Gasteiger partial charge in [0.25, 0.3) is 0 Å². The first-order valence-electron chi connectivity index (χ1n) is 5.51. The van der Waals surface area contributed by atoms with E-state index in [1.165, 1.54) is 24.3 Å². The molecule has 0 heterocycles. The van der Waals surface area contributed by atoms with E-state index in [0.29, 0.717) is 4.90 Å². The molecule has 0 saturated heterocycles. The Morgan fingerprint density at radius 2 is 1.80 bits per heavy atom. The molecule has 20 heavy (non-hydrogen) atoms. The van der Waals surface area contributed by atoms with Crippen molar-refractivity contribution < 1.29 is 29.0 Å². The SMILES string of the molecule is O=C(O)C[C@@H](NC(=O)CSc1ccc(F)cc1)C(=O)O. The van der Waals surface area contributed by atoms with Crippen LogP contribution in [0.15, 0.2) is 29.2 Å². The predicted octanol–water partition coefficient (Wildman–Crippen LogP) is 0.962. The van der Waals surface area contributed by atoms with Crippen LogP contribution in [0, 0.1) is 5.82 Å². The molecule has 0 unspecified atom stereocenters. The molecule has 0 aliphatic carbocycles. The van der Waals surface area contributed by atoms with Crippen LogP contribution in [0.2, 0.25) is 0 Å². The Labute approximate surface area is 118 Å². The fraction of sp³-hybridized carbons (Fsp3) is 0.250. The minimum Gasteiger partial charge on any atom is -0.481 e. The molecular formula is C12H12FNO5S. The number of rotatable bonds is 7. The van der Waals surface area contributed by atoms with Crippen molar-refractivity contribution in [2.45, 2.75) is 17.4 Å². The topological polar surface area (TPSA) is 104 Å². The standard InChI is InChI=1S/C12H12FNO5S/c13-7-1-3-8(4-2-7)20-6-10(15)14-9(12(18)19)5-11(16)17/h1-4,9H,5-6H2,(H,14,15)(H,16,17)(H,18,19)/t9-/m1/s1. The molecule has 0 fully saturated rings. The molecule has 3 N–H and O–H groups in total. The van der Waals surface area contributed by atoms with Gasteiger partial charge < -0.3 is 15.5 Å². The highest BCUT2D eigenvalue weighted by Gasteiger charge is 2.22. The number of carboxylic acid groups (broad SMARTS) is 2. The third-order valence-corrected chi connectivity index (χ3v) is 3.21. The summed E-state index contributed by atoms with van der Waals surface area (Å²) in [6.07, 6.45) is -0.692. The Morgan fingerprint density at radius 3 is 2.30 bits per heavy atom. The number of hydrogen-bond acceptors (Lipinski definition) is 4. The molecule has 0 aromatic heterocycles. The molecule has 0 saturated carbocycles. The molecule has 1 atom stereocenters. The van der Waals surface area contributed by atoms with Crippen molar-refractivity contribution in [1.29, 1.82) is 0 Å². The van der Waals surface area contributed by atoms with E-state index in [4.69, 9.17) is 10.2 Å². The minimum absolute atomic E-state index is 0.0883. The summed E-state index contributed by atoms with van der Waals surface area (Å²) in [7, 11) is 0. The summed E-state index contributed by atoms with van der Waals surface area (Å²) in [4.78, 5) is 33.4. The summed E-state index contributed by atoms with van der Waals surface area (Å²) in [5.41, 5.74) is 0. The maximum absolute atomic E-state index is 12.7. The number of carbonyl (C=O) groups excluding carboxylic acids is 1. The average Bonchev–Trinajstić information content (AvgIpc) is 2.36. The largest absolute Gasteiger partial charge is 0.481 e. The fourth-order valence-electron chi connectivity index (χ4n) is 1.29. The number of halogens is 1. The number of benzene rings is 1. The molecule has 1 rings (SSSR count). The molecule has 0 bridgehead atoms. The minimum atomic E-state index is -1.46. The number of hydrogen-bond donors (Lipinski definition) is 3. The van der Waals surface area contributed by atoms with Crippen molar-refractivity contribution in [3.05, 3.63) is 30.1 Å². The Kier molecular flexibility index (Phi) is 5.98. The normalized spacial score (nSPS) is 11.7. The maximum atomic E-state index is 12.7. The highest BCUT2D eigenvalue weighted by Crippen LogP contribution is 2.17. The zero-order valence-corrected chi connectivity index (χ0v) is 11.0. The van der Waals surface area contributed by atoms with E-state index in [0.717, 1.165) is 11.8 Å². The molecule has 1 aromatic rings. The van der Waals surface area contributed by atoms with Crippen molar-refractivity contribution in [3.63, 3.8) is 0 Å². The van der Waals surface area contributed by atoms with Crippen LogP contribution in [0.4, 0.5) is 4.39 Å². The van der Waals surface area contributed by atoms with E-state index in [9.17, 15) is 18.8 Å². The first-order valence-corrected chi connectivity index (χ1v) is 6.49. The second-order valence-corrected chi connectivity index (χ2v) is 4.85. The average molecular weight is 301 g/mol. The summed E-state index contributed by atoms with van der Waals surface area (Å²) in [6.45, 7) is 0. The number of amides is 1. The Balaban J connectivity index is 2.47. The summed E-state index contributed by atoms with van der Waals surface area (Å²) < 4.78 is 12.7. The number of aliphatic carboxylic acids is 2. The van der Waals surface area contributed by atoms with Crippen LogP contribution in [0.1, 0.15) is 6.42 Å². The number of nitrogens with one attached hydrogen (secondary N) is 1. The summed E-state index contributed by atoms with van der Waals surface area (Å²) in [5, 5.41) is 19.4. The van der Waals surface area contributed by atoms with Crippen LogP contribution >= 0.6 is 11.8 Å². The second-order valence-electron chi connectivity index (χ2n) is 3.80. The lowest BCUT2D eigenvalue weighted by molar-refractivity contribution is -0.147. The van der Waals surface area contributed by atoms with Crippen LogP contribution in [0.5, 0.6) is 0 Å². The van der Waals surface area contributed by atoms with Crippen LogP contribution < -0.4 is 5.32 Å². The summed E-state index contributed by atoms with van der Waals surface area (Å²) >= 11 is 1.09. The lowest BCUT2D eigenvalue weighted by Crippen LogP contribution is -2.43. The maximum Gasteiger partial charge on any atom is 0.326 e. The van der Waals surface area contributed by atoms with E-state index in [-0.39, 0.29) is 5.75 Å². The molecule has 1 amide bonds. The van der Waals surface area contributed by atoms with Crippen LogP contribution in [0.3, 0.4) is 0 Å². The van der Waals surface area contributed by atoms with Crippen molar-refractivity contribution in [1.82, 2.24) is 5.32 Å². The predicted molar refractivity (Wildman–Crippen MR) is 68.9 cm³/mol. The molecule has 0 spiro atoms. The van der Waals surface area contributed by atoms with Gasteiger partial charge in [-0.3, -0.25) is 9.59 Å². The third-order valence-electron chi connectivity index (χ3n) is 2.20. The van der Waals surface area contributed by atoms with Gasteiger partial charge in [0.1, 0.15) is 11.9 Å².